The summed E-state index contributed by atoms with van der Waals surface area (Å²) in [5, 5.41) is 3.04. The minimum Gasteiger partial charge on any atom is -0.379 e. The van der Waals surface area contributed by atoms with Crippen molar-refractivity contribution in [3.8, 4) is 0 Å². The van der Waals surface area contributed by atoms with Crippen molar-refractivity contribution >= 4 is 18.3 Å². The first-order valence-corrected chi connectivity index (χ1v) is 6.20. The first kappa shape index (κ1) is 16.7. The number of hydrogen-bond donors (Lipinski definition) is 1. The summed E-state index contributed by atoms with van der Waals surface area (Å²) in [6, 6.07) is 0. The lowest BCUT2D eigenvalue weighted by Gasteiger charge is -2.17. The van der Waals surface area contributed by atoms with Crippen molar-refractivity contribution in [3.63, 3.8) is 0 Å². The van der Waals surface area contributed by atoms with Gasteiger partial charge in [-0.1, -0.05) is 0 Å². The molecule has 0 heterocycles. The van der Waals surface area contributed by atoms with Crippen LogP contribution in [0.5, 0.6) is 0 Å². The van der Waals surface area contributed by atoms with Gasteiger partial charge in [0, 0.05) is 26.6 Å². The van der Waals surface area contributed by atoms with Crippen molar-refractivity contribution in [1.29, 1.82) is 0 Å². The molecular formula is C12H25ClN2O2. The zero-order valence-electron chi connectivity index (χ0n) is 10.9. The van der Waals surface area contributed by atoms with E-state index in [-0.39, 0.29) is 18.3 Å². The van der Waals surface area contributed by atoms with Crippen LogP contribution in [0.15, 0.2) is 0 Å². The molecule has 102 valence electrons. The third-order valence-electron chi connectivity index (χ3n) is 2.86. The summed E-state index contributed by atoms with van der Waals surface area (Å²) in [5.41, 5.74) is 0. The zero-order chi connectivity index (χ0) is 11.8. The fraction of sp³-hybridized carbons (Fsp3) is 0.917. The normalized spacial score (nSPS) is 14.2. The Balaban J connectivity index is 0.00000256. The molecule has 0 saturated heterocycles. The Bertz CT molecular complexity index is 211. The molecule has 0 unspecified atom stereocenters. The van der Waals surface area contributed by atoms with E-state index >= 15 is 0 Å². The molecule has 5 heteroatoms. The van der Waals surface area contributed by atoms with Crippen LogP contribution in [0.25, 0.3) is 0 Å². The standard InChI is InChI=1S/C12H24N2O2.ClH/c1-13-7-3-4-12(15)14(2)8-9-16-10-11-5-6-11;/h11,13H,3-10H2,1-2H3;1H. The van der Waals surface area contributed by atoms with E-state index < -0.39 is 0 Å². The Morgan fingerprint density at radius 3 is 2.76 bits per heavy atom. The molecule has 0 aromatic carbocycles. The smallest absolute Gasteiger partial charge is 0.222 e. The Labute approximate surface area is 110 Å². The van der Waals surface area contributed by atoms with Gasteiger partial charge in [0.2, 0.25) is 5.91 Å². The van der Waals surface area contributed by atoms with E-state index in [9.17, 15) is 4.79 Å². The third kappa shape index (κ3) is 8.41. The van der Waals surface area contributed by atoms with E-state index in [1.165, 1.54) is 12.8 Å². The van der Waals surface area contributed by atoms with Crippen LogP contribution in [0.4, 0.5) is 0 Å². The Kier molecular flexibility index (Phi) is 9.50. The summed E-state index contributed by atoms with van der Waals surface area (Å²) in [4.78, 5) is 13.4. The van der Waals surface area contributed by atoms with Crippen molar-refractivity contribution in [2.24, 2.45) is 5.92 Å². The zero-order valence-corrected chi connectivity index (χ0v) is 11.7. The third-order valence-corrected chi connectivity index (χ3v) is 2.86. The van der Waals surface area contributed by atoms with E-state index in [2.05, 4.69) is 5.32 Å². The number of amides is 1. The van der Waals surface area contributed by atoms with Crippen LogP contribution < -0.4 is 5.32 Å². The van der Waals surface area contributed by atoms with Crippen LogP contribution in [0.1, 0.15) is 25.7 Å². The van der Waals surface area contributed by atoms with Gasteiger partial charge in [-0.25, -0.2) is 0 Å². The van der Waals surface area contributed by atoms with Gasteiger partial charge in [0.05, 0.1) is 6.61 Å². The number of nitrogens with one attached hydrogen (secondary N) is 1. The highest BCUT2D eigenvalue weighted by molar-refractivity contribution is 5.85. The average Bonchev–Trinajstić information content (AvgIpc) is 3.08. The average molecular weight is 265 g/mol. The number of rotatable bonds is 9. The number of nitrogens with zero attached hydrogens (tertiary/aromatic N) is 1. The highest BCUT2D eigenvalue weighted by Gasteiger charge is 2.21. The largest absolute Gasteiger partial charge is 0.379 e. The van der Waals surface area contributed by atoms with Gasteiger partial charge in [-0.2, -0.15) is 0 Å². The molecule has 1 rings (SSSR count). The van der Waals surface area contributed by atoms with Crippen LogP contribution in [0.3, 0.4) is 0 Å². The Morgan fingerprint density at radius 2 is 2.18 bits per heavy atom. The molecule has 0 bridgehead atoms. The van der Waals surface area contributed by atoms with Gasteiger partial charge in [-0.3, -0.25) is 4.79 Å². The van der Waals surface area contributed by atoms with Crippen molar-refractivity contribution in [2.75, 3.05) is 40.4 Å². The molecule has 0 radical (unpaired) electrons. The maximum absolute atomic E-state index is 11.6. The molecule has 1 saturated carbocycles. The Hall–Kier alpha value is -0.320. The molecule has 1 N–H and O–H groups in total. The van der Waals surface area contributed by atoms with Gasteiger partial charge in [-0.05, 0) is 38.8 Å². The van der Waals surface area contributed by atoms with Crippen LogP contribution in [-0.2, 0) is 9.53 Å². The second kappa shape index (κ2) is 9.68. The fourth-order valence-electron chi connectivity index (χ4n) is 1.47. The number of hydrogen-bond acceptors (Lipinski definition) is 3. The van der Waals surface area contributed by atoms with Crippen LogP contribution in [0.2, 0.25) is 0 Å². The predicted molar refractivity (Wildman–Crippen MR) is 71.6 cm³/mol. The SMILES string of the molecule is CNCCCC(=O)N(C)CCOCC1CC1.Cl. The summed E-state index contributed by atoms with van der Waals surface area (Å²) in [7, 11) is 3.75. The van der Waals surface area contributed by atoms with Crippen LogP contribution in [-0.4, -0.2) is 51.2 Å². The lowest BCUT2D eigenvalue weighted by molar-refractivity contribution is -0.130. The first-order chi connectivity index (χ1) is 7.74. The van der Waals surface area contributed by atoms with Crippen molar-refractivity contribution in [3.05, 3.63) is 0 Å². The van der Waals surface area contributed by atoms with E-state index in [0.29, 0.717) is 19.6 Å². The Morgan fingerprint density at radius 1 is 1.47 bits per heavy atom. The quantitative estimate of drug-likeness (QED) is 0.638. The van der Waals surface area contributed by atoms with E-state index in [0.717, 1.165) is 25.5 Å². The number of carbonyl (C=O) groups excluding carboxylic acids is 1. The molecule has 4 nitrogen and oxygen atoms in total. The van der Waals surface area contributed by atoms with E-state index in [1.807, 2.05) is 14.1 Å². The molecule has 1 fully saturated rings. The topological polar surface area (TPSA) is 41.6 Å². The van der Waals surface area contributed by atoms with E-state index in [1.54, 1.807) is 4.90 Å². The lowest BCUT2D eigenvalue weighted by Crippen LogP contribution is -2.30. The minimum absolute atomic E-state index is 0. The van der Waals surface area contributed by atoms with Gasteiger partial charge in [0.1, 0.15) is 0 Å². The molecular weight excluding hydrogens is 240 g/mol. The summed E-state index contributed by atoms with van der Waals surface area (Å²) in [5.74, 6) is 1.02. The van der Waals surface area contributed by atoms with Gasteiger partial charge in [-0.15, -0.1) is 12.4 Å². The van der Waals surface area contributed by atoms with E-state index in [4.69, 9.17) is 4.74 Å². The molecule has 0 aliphatic heterocycles. The molecule has 0 aromatic rings. The molecule has 1 amide bonds. The van der Waals surface area contributed by atoms with Gasteiger partial charge in [0.25, 0.3) is 0 Å². The number of likely N-dealkylation sites (N-methyl/N-ethyl adjacent to an activating group) is 1. The predicted octanol–water partition coefficient (Wildman–Crippen LogP) is 1.29. The number of carbonyl (C=O) groups is 1. The van der Waals surface area contributed by atoms with Crippen LogP contribution in [0, 0.1) is 5.92 Å². The van der Waals surface area contributed by atoms with Gasteiger partial charge in [0.15, 0.2) is 0 Å². The van der Waals surface area contributed by atoms with Crippen molar-refractivity contribution < 1.29 is 9.53 Å². The second-order valence-electron chi connectivity index (χ2n) is 4.54. The summed E-state index contributed by atoms with van der Waals surface area (Å²) in [6.45, 7) is 3.16. The second-order valence-corrected chi connectivity index (χ2v) is 4.54. The highest BCUT2D eigenvalue weighted by Crippen LogP contribution is 2.28. The van der Waals surface area contributed by atoms with Crippen LogP contribution >= 0.6 is 12.4 Å². The molecule has 0 spiro atoms. The first-order valence-electron chi connectivity index (χ1n) is 6.20. The maximum atomic E-state index is 11.6. The molecule has 17 heavy (non-hydrogen) atoms. The van der Waals surface area contributed by atoms with Gasteiger partial charge < -0.3 is 15.0 Å². The minimum atomic E-state index is 0. The monoisotopic (exact) mass is 264 g/mol. The summed E-state index contributed by atoms with van der Waals surface area (Å²) >= 11 is 0. The summed E-state index contributed by atoms with van der Waals surface area (Å²) < 4.78 is 5.50. The van der Waals surface area contributed by atoms with Crippen molar-refractivity contribution in [2.45, 2.75) is 25.7 Å². The van der Waals surface area contributed by atoms with Gasteiger partial charge >= 0.3 is 0 Å². The molecule has 0 aromatic heterocycles. The summed E-state index contributed by atoms with van der Waals surface area (Å²) in [6.07, 6.45) is 4.17. The highest BCUT2D eigenvalue weighted by atomic mass is 35.5. The molecule has 0 atom stereocenters. The number of ether oxygens (including phenoxy) is 1. The fourth-order valence-corrected chi connectivity index (χ4v) is 1.47. The van der Waals surface area contributed by atoms with Crippen molar-refractivity contribution in [1.82, 2.24) is 10.2 Å². The molecule has 1 aliphatic rings. The number of halogens is 1. The lowest BCUT2D eigenvalue weighted by atomic mass is 10.3. The molecule has 1 aliphatic carbocycles. The maximum Gasteiger partial charge on any atom is 0.222 e.